The first-order valence-corrected chi connectivity index (χ1v) is 14.0. The van der Waals surface area contributed by atoms with Crippen LogP contribution in [0.25, 0.3) is 0 Å². The van der Waals surface area contributed by atoms with Crippen LogP contribution < -0.4 is 9.47 Å². The Bertz CT molecular complexity index is 1330. The van der Waals surface area contributed by atoms with Gasteiger partial charge >= 0.3 is 0 Å². The van der Waals surface area contributed by atoms with Gasteiger partial charge in [-0.3, -0.25) is 4.79 Å². The Labute approximate surface area is 223 Å². The van der Waals surface area contributed by atoms with E-state index in [1.54, 1.807) is 48.3 Å². The Balaban J connectivity index is 1.76. The Morgan fingerprint density at radius 3 is 2.51 bits per heavy atom. The van der Waals surface area contributed by atoms with Gasteiger partial charge in [0.15, 0.2) is 0 Å². The number of halogens is 1. The van der Waals surface area contributed by atoms with E-state index in [1.165, 1.54) is 17.5 Å². The van der Waals surface area contributed by atoms with Crippen molar-refractivity contribution in [1.29, 1.82) is 0 Å². The Hall–Kier alpha value is -3.07. The maximum absolute atomic E-state index is 14.0. The molecule has 4 rings (SSSR count). The molecule has 1 aliphatic heterocycles. The Morgan fingerprint density at radius 1 is 1.00 bits per heavy atom. The van der Waals surface area contributed by atoms with Gasteiger partial charge < -0.3 is 14.4 Å². The summed E-state index contributed by atoms with van der Waals surface area (Å²) in [5.41, 5.74) is 1.34. The van der Waals surface area contributed by atoms with Crippen molar-refractivity contribution in [2.75, 3.05) is 33.9 Å². The molecule has 37 heavy (non-hydrogen) atoms. The summed E-state index contributed by atoms with van der Waals surface area (Å²) in [7, 11) is -0.656. The molecule has 0 unspecified atom stereocenters. The smallest absolute Gasteiger partial charge is 0.257 e. The number of carbonyl (C=O) groups excluding carboxylic acids is 1. The summed E-state index contributed by atoms with van der Waals surface area (Å²) >= 11 is 6.20. The fourth-order valence-corrected chi connectivity index (χ4v) is 6.29. The van der Waals surface area contributed by atoms with Crippen LogP contribution in [0.1, 0.15) is 28.8 Å². The van der Waals surface area contributed by atoms with Crippen LogP contribution in [0.4, 0.5) is 0 Å². The van der Waals surface area contributed by atoms with Gasteiger partial charge in [-0.05, 0) is 55.2 Å². The molecule has 7 nitrogen and oxygen atoms in total. The van der Waals surface area contributed by atoms with Crippen molar-refractivity contribution in [3.63, 3.8) is 0 Å². The van der Waals surface area contributed by atoms with Gasteiger partial charge in [-0.25, -0.2) is 8.42 Å². The van der Waals surface area contributed by atoms with E-state index in [1.807, 2.05) is 30.3 Å². The molecule has 9 heteroatoms. The average molecular weight is 543 g/mol. The topological polar surface area (TPSA) is 76.2 Å². The van der Waals surface area contributed by atoms with Crippen molar-refractivity contribution in [1.82, 2.24) is 9.21 Å². The van der Waals surface area contributed by atoms with E-state index < -0.39 is 16.1 Å². The fraction of sp³-hybridized carbons (Fsp3) is 0.321. The zero-order valence-corrected chi connectivity index (χ0v) is 22.5. The molecule has 0 fully saturated rings. The third-order valence-corrected chi connectivity index (χ3v) is 8.62. The van der Waals surface area contributed by atoms with Crippen molar-refractivity contribution in [3.8, 4) is 11.5 Å². The first-order valence-electron chi connectivity index (χ1n) is 12.2. The lowest BCUT2D eigenvalue weighted by Crippen LogP contribution is -2.46. The van der Waals surface area contributed by atoms with Gasteiger partial charge in [0.25, 0.3) is 5.91 Å². The normalized spacial score (nSPS) is 17.8. The molecule has 0 aliphatic carbocycles. The molecule has 0 N–H and O–H groups in total. The van der Waals surface area contributed by atoms with E-state index in [2.05, 4.69) is 0 Å². The highest BCUT2D eigenvalue weighted by Gasteiger charge is 2.33. The highest BCUT2D eigenvalue weighted by Crippen LogP contribution is 2.28. The van der Waals surface area contributed by atoms with Gasteiger partial charge in [0, 0.05) is 31.2 Å². The molecule has 0 saturated heterocycles. The minimum absolute atomic E-state index is 0.0592. The fourth-order valence-electron chi connectivity index (χ4n) is 4.43. The summed E-state index contributed by atoms with van der Waals surface area (Å²) in [6, 6.07) is 20.6. The third kappa shape index (κ3) is 6.44. The van der Waals surface area contributed by atoms with Crippen LogP contribution in [0.15, 0.2) is 77.7 Å². The second kappa shape index (κ2) is 12.0. The third-order valence-electron chi connectivity index (χ3n) is 6.44. The Morgan fingerprint density at radius 2 is 1.76 bits per heavy atom. The summed E-state index contributed by atoms with van der Waals surface area (Å²) in [4.78, 5) is 14.9. The minimum Gasteiger partial charge on any atom is -0.497 e. The van der Waals surface area contributed by atoms with E-state index in [0.717, 1.165) is 5.56 Å². The number of methoxy groups -OCH3 is 1. The number of hydrogen-bond donors (Lipinski definition) is 0. The number of fused-ring (bicyclic) bond motifs is 1. The summed E-state index contributed by atoms with van der Waals surface area (Å²) in [5, 5.41) is 0.430. The quantitative estimate of drug-likeness (QED) is 0.458. The highest BCUT2D eigenvalue weighted by atomic mass is 35.5. The second-order valence-corrected chi connectivity index (χ2v) is 11.4. The summed E-state index contributed by atoms with van der Waals surface area (Å²) < 4.78 is 41.0. The first kappa shape index (κ1) is 27.0. The lowest BCUT2D eigenvalue weighted by molar-refractivity contribution is 0.0781. The van der Waals surface area contributed by atoms with E-state index in [0.29, 0.717) is 47.9 Å². The van der Waals surface area contributed by atoms with Crippen LogP contribution >= 0.6 is 11.6 Å². The number of hydrogen-bond acceptors (Lipinski definition) is 5. The molecular weight excluding hydrogens is 512 g/mol. The summed E-state index contributed by atoms with van der Waals surface area (Å²) in [6.45, 7) is 0.820. The van der Waals surface area contributed by atoms with Crippen LogP contribution in [-0.2, 0) is 16.4 Å². The molecule has 0 aromatic heterocycles. The summed E-state index contributed by atoms with van der Waals surface area (Å²) in [5.74, 6) is 0.661. The molecule has 1 amide bonds. The minimum atomic E-state index is -3.89. The maximum Gasteiger partial charge on any atom is 0.257 e. The number of rotatable bonds is 5. The molecule has 3 aromatic carbocycles. The molecule has 1 atom stereocenters. The molecule has 1 aliphatic rings. The van der Waals surface area contributed by atoms with E-state index in [9.17, 15) is 13.2 Å². The largest absolute Gasteiger partial charge is 0.497 e. The standard InChI is InChI=1S/C28H31ClN2O5S/c1-30-15-6-7-16-31(37(33,34)25-12-8-11-24(19-25)35-2)23(17-21-9-4-3-5-10-21)20-36-27-14-13-22(29)18-26(27)28(30)32/h3-5,8-14,18-19,23H,6-7,15-17,20H2,1-2H3/t23-/m0/s1. The number of amides is 1. The van der Waals surface area contributed by atoms with Crippen molar-refractivity contribution >= 4 is 27.5 Å². The van der Waals surface area contributed by atoms with E-state index in [4.69, 9.17) is 21.1 Å². The zero-order valence-electron chi connectivity index (χ0n) is 21.0. The highest BCUT2D eigenvalue weighted by molar-refractivity contribution is 7.89. The SMILES string of the molecule is COc1cccc(S(=O)(=O)N2CCCCN(C)C(=O)c3cc(Cl)ccc3OC[C@@H]2Cc2ccccc2)c1. The second-order valence-electron chi connectivity index (χ2n) is 9.02. The predicted octanol–water partition coefficient (Wildman–Crippen LogP) is 4.90. The van der Waals surface area contributed by atoms with Crippen molar-refractivity contribution < 1.29 is 22.7 Å². The molecule has 196 valence electrons. The number of carbonyl (C=O) groups is 1. The van der Waals surface area contributed by atoms with Crippen molar-refractivity contribution in [2.24, 2.45) is 0 Å². The molecular formula is C28H31ClN2O5S. The van der Waals surface area contributed by atoms with Crippen LogP contribution in [0.5, 0.6) is 11.5 Å². The number of benzene rings is 3. The molecule has 0 radical (unpaired) electrons. The molecule has 1 heterocycles. The van der Waals surface area contributed by atoms with Crippen LogP contribution in [0.3, 0.4) is 0 Å². The van der Waals surface area contributed by atoms with E-state index >= 15 is 0 Å². The van der Waals surface area contributed by atoms with Crippen LogP contribution in [0, 0.1) is 0 Å². The van der Waals surface area contributed by atoms with Gasteiger partial charge in [0.1, 0.15) is 18.1 Å². The molecule has 0 bridgehead atoms. The van der Waals surface area contributed by atoms with Crippen LogP contribution in [-0.4, -0.2) is 63.4 Å². The monoisotopic (exact) mass is 542 g/mol. The van der Waals surface area contributed by atoms with E-state index in [-0.39, 0.29) is 24.0 Å². The van der Waals surface area contributed by atoms with Crippen molar-refractivity contribution in [3.05, 3.63) is 88.9 Å². The lowest BCUT2D eigenvalue weighted by Gasteiger charge is -2.32. The number of nitrogens with zero attached hydrogens (tertiary/aromatic N) is 2. The molecule has 3 aromatic rings. The van der Waals surface area contributed by atoms with Gasteiger partial charge in [-0.15, -0.1) is 0 Å². The van der Waals surface area contributed by atoms with Crippen molar-refractivity contribution in [2.45, 2.75) is 30.2 Å². The van der Waals surface area contributed by atoms with Crippen LogP contribution in [0.2, 0.25) is 5.02 Å². The average Bonchev–Trinajstić information content (AvgIpc) is 2.91. The van der Waals surface area contributed by atoms with Gasteiger partial charge in [0.2, 0.25) is 10.0 Å². The maximum atomic E-state index is 14.0. The predicted molar refractivity (Wildman–Crippen MR) is 144 cm³/mol. The number of sulfonamides is 1. The molecule has 0 spiro atoms. The summed E-state index contributed by atoms with van der Waals surface area (Å²) in [6.07, 6.45) is 1.66. The lowest BCUT2D eigenvalue weighted by atomic mass is 10.1. The Kier molecular flexibility index (Phi) is 8.74. The first-order chi connectivity index (χ1) is 17.8. The van der Waals surface area contributed by atoms with Gasteiger partial charge in [-0.2, -0.15) is 4.31 Å². The molecule has 0 saturated carbocycles. The zero-order chi connectivity index (χ0) is 26.4. The van der Waals surface area contributed by atoms with Gasteiger partial charge in [-0.1, -0.05) is 48.0 Å². The van der Waals surface area contributed by atoms with Gasteiger partial charge in [0.05, 0.1) is 23.6 Å². The number of ether oxygens (including phenoxy) is 2.